The maximum atomic E-state index is 12.1. The van der Waals surface area contributed by atoms with Crippen molar-refractivity contribution in [3.05, 3.63) is 23.3 Å². The molecule has 3 saturated carbocycles. The van der Waals surface area contributed by atoms with Crippen LogP contribution in [0, 0.1) is 28.6 Å². The smallest absolute Gasteiger partial charge is 0.331 e. The number of rotatable bonds is 1. The van der Waals surface area contributed by atoms with Crippen molar-refractivity contribution >= 4 is 5.97 Å². The molecule has 0 aromatic carbocycles. The molecule has 4 heteroatoms. The first-order chi connectivity index (χ1) is 12.8. The number of cyclic esters (lactones) is 1. The summed E-state index contributed by atoms with van der Waals surface area (Å²) in [5.74, 6) is 0.848. The highest BCUT2D eigenvalue weighted by atomic mass is 16.5. The molecule has 0 spiro atoms. The summed E-state index contributed by atoms with van der Waals surface area (Å²) in [5, 5.41) is 22.2. The zero-order valence-corrected chi connectivity index (χ0v) is 16.5. The molecule has 0 bridgehead atoms. The first-order valence-corrected chi connectivity index (χ1v) is 10.8. The molecule has 0 aromatic rings. The molecule has 0 radical (unpaired) electrons. The van der Waals surface area contributed by atoms with E-state index in [4.69, 9.17) is 4.74 Å². The second-order valence-electron chi connectivity index (χ2n) is 10.3. The zero-order valence-electron chi connectivity index (χ0n) is 16.5. The van der Waals surface area contributed by atoms with Crippen LogP contribution in [-0.2, 0) is 9.53 Å². The van der Waals surface area contributed by atoms with Crippen molar-refractivity contribution in [2.75, 3.05) is 6.61 Å². The van der Waals surface area contributed by atoms with Gasteiger partial charge in [0.25, 0.3) is 0 Å². The van der Waals surface area contributed by atoms with E-state index in [-0.39, 0.29) is 28.8 Å². The van der Waals surface area contributed by atoms with E-state index in [1.165, 1.54) is 5.57 Å². The van der Waals surface area contributed by atoms with Gasteiger partial charge in [0, 0.05) is 11.5 Å². The number of carbonyl (C=O) groups excluding carboxylic acids is 1. The quantitative estimate of drug-likeness (QED) is 0.546. The lowest BCUT2D eigenvalue weighted by atomic mass is 9.45. The molecule has 5 rings (SSSR count). The second-order valence-corrected chi connectivity index (χ2v) is 10.3. The topological polar surface area (TPSA) is 66.8 Å². The Morgan fingerprint density at radius 2 is 1.89 bits per heavy atom. The molecule has 148 valence electrons. The Morgan fingerprint density at radius 3 is 2.63 bits per heavy atom. The van der Waals surface area contributed by atoms with Gasteiger partial charge in [0.15, 0.2) is 0 Å². The third-order valence-electron chi connectivity index (χ3n) is 9.41. The maximum absolute atomic E-state index is 12.1. The lowest BCUT2D eigenvalue weighted by Gasteiger charge is -2.61. The van der Waals surface area contributed by atoms with Crippen LogP contribution in [0.3, 0.4) is 0 Å². The number of allylic oxidation sites excluding steroid dienone is 1. The minimum Gasteiger partial charge on any atom is -0.458 e. The minimum absolute atomic E-state index is 0.128. The standard InChI is InChI=1S/C23H32O4/c1-21-8-5-16(24)12-15(21)3-4-19-18(21)6-9-22(2)17(7-10-23(19,22)26)14-11-20(25)27-13-14/h11-12,16-19,24,26H,3-10,13H2,1-2H3/t16-,17+,18-,19?,21-,22+,23-/m0/s1. The molecule has 5 aliphatic rings. The van der Waals surface area contributed by atoms with Crippen molar-refractivity contribution in [1.29, 1.82) is 0 Å². The number of aliphatic hydroxyl groups is 2. The van der Waals surface area contributed by atoms with Crippen molar-refractivity contribution < 1.29 is 19.7 Å². The summed E-state index contributed by atoms with van der Waals surface area (Å²) >= 11 is 0. The van der Waals surface area contributed by atoms with Gasteiger partial charge in [0.1, 0.15) is 6.61 Å². The van der Waals surface area contributed by atoms with Crippen LogP contribution in [0.25, 0.3) is 0 Å². The average molecular weight is 373 g/mol. The van der Waals surface area contributed by atoms with Crippen LogP contribution in [0.5, 0.6) is 0 Å². The minimum atomic E-state index is -0.655. The molecule has 1 heterocycles. The molecule has 27 heavy (non-hydrogen) atoms. The lowest BCUT2D eigenvalue weighted by Crippen LogP contribution is -2.60. The predicted molar refractivity (Wildman–Crippen MR) is 102 cm³/mol. The SMILES string of the molecule is C[C@]12CC[C@H](O)C=C1CCC1[C@@H]2CC[C@]2(C)[C@@H](C3=CC(=O)OC3)CC[C@]12O. The molecule has 1 aliphatic heterocycles. The number of fused-ring (bicyclic) bond motifs is 5. The zero-order chi connectivity index (χ0) is 19.0. The summed E-state index contributed by atoms with van der Waals surface area (Å²) in [6, 6.07) is 0. The average Bonchev–Trinajstić information content (AvgIpc) is 3.16. The van der Waals surface area contributed by atoms with Gasteiger partial charge < -0.3 is 14.9 Å². The molecular weight excluding hydrogens is 340 g/mol. The number of hydrogen-bond donors (Lipinski definition) is 2. The number of carbonyl (C=O) groups is 1. The highest BCUT2D eigenvalue weighted by Crippen LogP contribution is 2.69. The fourth-order valence-electron chi connectivity index (χ4n) is 7.86. The Bertz CT molecular complexity index is 739. The van der Waals surface area contributed by atoms with Crippen LogP contribution in [-0.4, -0.2) is 34.5 Å². The van der Waals surface area contributed by atoms with Crippen LogP contribution >= 0.6 is 0 Å². The predicted octanol–water partition coefficient (Wildman–Crippen LogP) is 3.52. The molecule has 3 fully saturated rings. The Balaban J connectivity index is 1.50. The van der Waals surface area contributed by atoms with Crippen LogP contribution in [0.2, 0.25) is 0 Å². The van der Waals surface area contributed by atoms with Gasteiger partial charge in [0.05, 0.1) is 11.7 Å². The Morgan fingerprint density at radius 1 is 1.07 bits per heavy atom. The van der Waals surface area contributed by atoms with Gasteiger partial charge in [-0.15, -0.1) is 0 Å². The van der Waals surface area contributed by atoms with E-state index in [0.29, 0.717) is 18.4 Å². The first-order valence-electron chi connectivity index (χ1n) is 10.8. The maximum Gasteiger partial charge on any atom is 0.331 e. The summed E-state index contributed by atoms with van der Waals surface area (Å²) < 4.78 is 5.19. The second kappa shape index (κ2) is 5.70. The van der Waals surface area contributed by atoms with Gasteiger partial charge >= 0.3 is 5.97 Å². The first kappa shape index (κ1) is 17.9. The molecule has 0 amide bonds. The van der Waals surface area contributed by atoms with Gasteiger partial charge in [-0.2, -0.15) is 0 Å². The lowest BCUT2D eigenvalue weighted by molar-refractivity contribution is -0.181. The van der Waals surface area contributed by atoms with Gasteiger partial charge in [-0.25, -0.2) is 4.79 Å². The normalized spacial score (nSPS) is 51.6. The Hall–Kier alpha value is -1.13. The summed E-state index contributed by atoms with van der Waals surface area (Å²) in [6.45, 7) is 5.06. The summed E-state index contributed by atoms with van der Waals surface area (Å²) in [6.07, 6.45) is 11.3. The van der Waals surface area contributed by atoms with E-state index in [0.717, 1.165) is 56.9 Å². The summed E-state index contributed by atoms with van der Waals surface area (Å²) in [7, 11) is 0. The number of ether oxygens (including phenoxy) is 1. The van der Waals surface area contributed by atoms with Gasteiger partial charge in [0.2, 0.25) is 0 Å². The van der Waals surface area contributed by atoms with Crippen LogP contribution in [0.1, 0.15) is 65.2 Å². The van der Waals surface area contributed by atoms with E-state index >= 15 is 0 Å². The largest absolute Gasteiger partial charge is 0.458 e. The summed E-state index contributed by atoms with van der Waals surface area (Å²) in [4.78, 5) is 11.6. The molecule has 0 saturated heterocycles. The fraction of sp³-hybridized carbons (Fsp3) is 0.783. The Labute approximate surface area is 161 Å². The fourth-order valence-corrected chi connectivity index (χ4v) is 7.86. The van der Waals surface area contributed by atoms with Crippen molar-refractivity contribution in [2.45, 2.75) is 76.9 Å². The van der Waals surface area contributed by atoms with Crippen LogP contribution in [0.4, 0.5) is 0 Å². The molecule has 0 aromatic heterocycles. The van der Waals surface area contributed by atoms with Gasteiger partial charge in [-0.3, -0.25) is 0 Å². The number of hydrogen-bond acceptors (Lipinski definition) is 4. The summed E-state index contributed by atoms with van der Waals surface area (Å²) in [5.41, 5.74) is 1.84. The van der Waals surface area contributed by atoms with E-state index in [1.54, 1.807) is 6.08 Å². The van der Waals surface area contributed by atoms with Crippen molar-refractivity contribution in [3.8, 4) is 0 Å². The molecule has 1 unspecified atom stereocenters. The highest BCUT2D eigenvalue weighted by Gasteiger charge is 2.67. The monoisotopic (exact) mass is 372 g/mol. The third kappa shape index (κ3) is 2.26. The third-order valence-corrected chi connectivity index (χ3v) is 9.41. The van der Waals surface area contributed by atoms with Gasteiger partial charge in [-0.05, 0) is 80.1 Å². The molecular formula is C23H32O4. The molecule has 2 N–H and O–H groups in total. The van der Waals surface area contributed by atoms with E-state index < -0.39 is 5.60 Å². The number of esters is 1. The van der Waals surface area contributed by atoms with Gasteiger partial charge in [-0.1, -0.05) is 25.5 Å². The molecule has 4 aliphatic carbocycles. The van der Waals surface area contributed by atoms with Crippen LogP contribution < -0.4 is 0 Å². The van der Waals surface area contributed by atoms with E-state index in [9.17, 15) is 15.0 Å². The van der Waals surface area contributed by atoms with Crippen LogP contribution in [0.15, 0.2) is 23.3 Å². The van der Waals surface area contributed by atoms with Crippen molar-refractivity contribution in [1.82, 2.24) is 0 Å². The number of aliphatic hydroxyl groups excluding tert-OH is 1. The Kier molecular flexibility index (Phi) is 3.78. The molecule has 4 nitrogen and oxygen atoms in total. The van der Waals surface area contributed by atoms with Crippen molar-refractivity contribution in [2.24, 2.45) is 28.6 Å². The van der Waals surface area contributed by atoms with Crippen molar-refractivity contribution in [3.63, 3.8) is 0 Å². The highest BCUT2D eigenvalue weighted by molar-refractivity contribution is 5.85. The van der Waals surface area contributed by atoms with E-state index in [1.807, 2.05) is 0 Å². The molecule has 7 atom stereocenters. The van der Waals surface area contributed by atoms with E-state index in [2.05, 4.69) is 19.9 Å².